The zero-order valence-electron chi connectivity index (χ0n) is 9.06. The van der Waals surface area contributed by atoms with Crippen LogP contribution in [-0.2, 0) is 12.8 Å². The zero-order chi connectivity index (χ0) is 12.0. The van der Waals surface area contributed by atoms with Crippen LogP contribution in [0.25, 0.3) is 10.9 Å². The molecular weight excluding hydrogens is 277 g/mol. The predicted octanol–water partition coefficient (Wildman–Crippen LogP) is 5.07. The van der Waals surface area contributed by atoms with Gasteiger partial charge in [-0.15, -0.1) is 0 Å². The monoisotopic (exact) mass is 285 g/mol. The standard InChI is InChI=1S/C13H10Cl3N/c14-9-5-8-12(6-10(9)15)17-11-4-2-1-3-7(11)13(8)16/h5-6H,1-4H2. The Bertz CT molecular complexity index is 607. The molecule has 88 valence electrons. The molecule has 0 unspecified atom stereocenters. The van der Waals surface area contributed by atoms with Gasteiger partial charge in [-0.2, -0.15) is 0 Å². The van der Waals surface area contributed by atoms with Gasteiger partial charge in [0.15, 0.2) is 0 Å². The summed E-state index contributed by atoms with van der Waals surface area (Å²) >= 11 is 18.5. The van der Waals surface area contributed by atoms with E-state index in [0.717, 1.165) is 34.5 Å². The van der Waals surface area contributed by atoms with Crippen molar-refractivity contribution >= 4 is 45.7 Å². The van der Waals surface area contributed by atoms with Crippen LogP contribution < -0.4 is 0 Å². The fourth-order valence-electron chi connectivity index (χ4n) is 2.36. The summed E-state index contributed by atoms with van der Waals surface area (Å²) in [5.74, 6) is 0. The average molecular weight is 287 g/mol. The van der Waals surface area contributed by atoms with Crippen LogP contribution in [0.2, 0.25) is 15.1 Å². The van der Waals surface area contributed by atoms with Crippen LogP contribution in [0.4, 0.5) is 0 Å². The van der Waals surface area contributed by atoms with Gasteiger partial charge in [-0.3, -0.25) is 4.98 Å². The summed E-state index contributed by atoms with van der Waals surface area (Å²) in [6, 6.07) is 3.60. The number of aryl methyl sites for hydroxylation is 1. The Morgan fingerprint density at radius 1 is 0.941 bits per heavy atom. The van der Waals surface area contributed by atoms with Crippen LogP contribution >= 0.6 is 34.8 Å². The molecule has 0 radical (unpaired) electrons. The minimum Gasteiger partial charge on any atom is -0.252 e. The van der Waals surface area contributed by atoms with E-state index in [2.05, 4.69) is 4.98 Å². The maximum absolute atomic E-state index is 6.44. The topological polar surface area (TPSA) is 12.9 Å². The molecular formula is C13H10Cl3N. The molecule has 1 aromatic heterocycles. The Morgan fingerprint density at radius 2 is 1.65 bits per heavy atom. The van der Waals surface area contributed by atoms with E-state index in [4.69, 9.17) is 34.8 Å². The van der Waals surface area contributed by atoms with Crippen molar-refractivity contribution in [1.29, 1.82) is 0 Å². The molecule has 0 fully saturated rings. The molecule has 1 nitrogen and oxygen atoms in total. The number of fused-ring (bicyclic) bond motifs is 2. The van der Waals surface area contributed by atoms with Gasteiger partial charge in [0.2, 0.25) is 0 Å². The minimum absolute atomic E-state index is 0.526. The lowest BCUT2D eigenvalue weighted by atomic mass is 9.94. The highest BCUT2D eigenvalue weighted by Crippen LogP contribution is 2.36. The first-order valence-corrected chi connectivity index (χ1v) is 6.76. The Balaban J connectivity index is 2.36. The van der Waals surface area contributed by atoms with E-state index in [0.29, 0.717) is 10.0 Å². The molecule has 0 atom stereocenters. The van der Waals surface area contributed by atoms with Crippen molar-refractivity contribution in [1.82, 2.24) is 4.98 Å². The third-order valence-electron chi connectivity index (χ3n) is 3.23. The third kappa shape index (κ3) is 1.91. The molecule has 1 aromatic carbocycles. The van der Waals surface area contributed by atoms with Gasteiger partial charge in [0.25, 0.3) is 0 Å². The third-order valence-corrected chi connectivity index (χ3v) is 4.39. The SMILES string of the molecule is Clc1cc2nc3c(c(Cl)c2cc1Cl)CCCC3. The van der Waals surface area contributed by atoms with Crippen LogP contribution in [0, 0.1) is 0 Å². The first kappa shape index (κ1) is 11.6. The smallest absolute Gasteiger partial charge is 0.0736 e. The first-order chi connectivity index (χ1) is 8.16. The number of aromatic nitrogens is 1. The fraction of sp³-hybridized carbons (Fsp3) is 0.308. The maximum atomic E-state index is 6.44. The number of nitrogens with zero attached hydrogens (tertiary/aromatic N) is 1. The number of hydrogen-bond acceptors (Lipinski definition) is 1. The number of hydrogen-bond donors (Lipinski definition) is 0. The van der Waals surface area contributed by atoms with E-state index in [-0.39, 0.29) is 0 Å². The van der Waals surface area contributed by atoms with Crippen molar-refractivity contribution in [2.45, 2.75) is 25.7 Å². The molecule has 0 spiro atoms. The molecule has 0 N–H and O–H groups in total. The Labute approximate surface area is 115 Å². The lowest BCUT2D eigenvalue weighted by molar-refractivity contribution is 0.671. The Hall–Kier alpha value is -0.500. The fourth-order valence-corrected chi connectivity index (χ4v) is 3.04. The van der Waals surface area contributed by atoms with Crippen LogP contribution in [-0.4, -0.2) is 4.98 Å². The summed E-state index contributed by atoms with van der Waals surface area (Å²) in [5.41, 5.74) is 3.14. The molecule has 1 aliphatic rings. The average Bonchev–Trinajstić information content (AvgIpc) is 2.32. The molecule has 3 rings (SSSR count). The summed E-state index contributed by atoms with van der Waals surface area (Å²) in [6.07, 6.45) is 4.38. The van der Waals surface area contributed by atoms with Crippen LogP contribution in [0.1, 0.15) is 24.1 Å². The number of pyridine rings is 1. The van der Waals surface area contributed by atoms with E-state index in [1.165, 1.54) is 18.4 Å². The molecule has 2 aromatic rings. The molecule has 1 heterocycles. The van der Waals surface area contributed by atoms with Crippen molar-refractivity contribution in [3.63, 3.8) is 0 Å². The van der Waals surface area contributed by atoms with E-state index in [9.17, 15) is 0 Å². The van der Waals surface area contributed by atoms with E-state index < -0.39 is 0 Å². The van der Waals surface area contributed by atoms with Crippen molar-refractivity contribution in [3.05, 3.63) is 38.5 Å². The van der Waals surface area contributed by atoms with Crippen molar-refractivity contribution < 1.29 is 0 Å². The van der Waals surface area contributed by atoms with Gasteiger partial charge in [0, 0.05) is 11.1 Å². The highest BCUT2D eigenvalue weighted by atomic mass is 35.5. The molecule has 17 heavy (non-hydrogen) atoms. The number of halogens is 3. The van der Waals surface area contributed by atoms with Gasteiger partial charge in [-0.25, -0.2) is 0 Å². The predicted molar refractivity (Wildman–Crippen MR) is 73.4 cm³/mol. The first-order valence-electron chi connectivity index (χ1n) is 5.63. The summed E-state index contributed by atoms with van der Waals surface area (Å²) < 4.78 is 0. The molecule has 0 saturated carbocycles. The minimum atomic E-state index is 0.526. The second-order valence-corrected chi connectivity index (χ2v) is 5.53. The van der Waals surface area contributed by atoms with Gasteiger partial charge in [0.1, 0.15) is 0 Å². The quantitative estimate of drug-likeness (QED) is 0.658. The van der Waals surface area contributed by atoms with Gasteiger partial charge in [-0.1, -0.05) is 34.8 Å². The van der Waals surface area contributed by atoms with Gasteiger partial charge in [0.05, 0.1) is 20.6 Å². The van der Waals surface area contributed by atoms with Crippen LogP contribution in [0.15, 0.2) is 12.1 Å². The maximum Gasteiger partial charge on any atom is 0.0736 e. The number of rotatable bonds is 0. The second-order valence-electron chi connectivity index (χ2n) is 4.34. The summed E-state index contributed by atoms with van der Waals surface area (Å²) in [4.78, 5) is 4.65. The highest BCUT2D eigenvalue weighted by molar-refractivity contribution is 6.43. The molecule has 0 bridgehead atoms. The highest BCUT2D eigenvalue weighted by Gasteiger charge is 2.17. The van der Waals surface area contributed by atoms with Gasteiger partial charge in [-0.05, 0) is 43.4 Å². The van der Waals surface area contributed by atoms with E-state index in [1.54, 1.807) is 6.07 Å². The van der Waals surface area contributed by atoms with Crippen LogP contribution in [0.3, 0.4) is 0 Å². The summed E-state index contributed by atoms with van der Waals surface area (Å²) in [7, 11) is 0. The van der Waals surface area contributed by atoms with E-state index in [1.807, 2.05) is 6.07 Å². The van der Waals surface area contributed by atoms with Crippen molar-refractivity contribution in [2.24, 2.45) is 0 Å². The molecule has 4 heteroatoms. The van der Waals surface area contributed by atoms with Gasteiger partial charge < -0.3 is 0 Å². The van der Waals surface area contributed by atoms with Crippen molar-refractivity contribution in [2.75, 3.05) is 0 Å². The Morgan fingerprint density at radius 3 is 2.47 bits per heavy atom. The lowest BCUT2D eigenvalue weighted by Crippen LogP contribution is -2.06. The largest absolute Gasteiger partial charge is 0.252 e. The normalized spacial score (nSPS) is 15.0. The molecule has 0 amide bonds. The lowest BCUT2D eigenvalue weighted by Gasteiger charge is -2.17. The number of benzene rings is 1. The van der Waals surface area contributed by atoms with E-state index >= 15 is 0 Å². The summed E-state index contributed by atoms with van der Waals surface area (Å²) in [6.45, 7) is 0. The molecule has 0 saturated heterocycles. The Kier molecular flexibility index (Phi) is 2.94. The van der Waals surface area contributed by atoms with Crippen molar-refractivity contribution in [3.8, 4) is 0 Å². The second kappa shape index (κ2) is 4.31. The zero-order valence-corrected chi connectivity index (χ0v) is 11.3. The van der Waals surface area contributed by atoms with Crippen LogP contribution in [0.5, 0.6) is 0 Å². The van der Waals surface area contributed by atoms with Gasteiger partial charge >= 0.3 is 0 Å². The molecule has 1 aliphatic carbocycles. The molecule has 0 aliphatic heterocycles. The summed E-state index contributed by atoms with van der Waals surface area (Å²) in [5, 5.41) is 2.75.